The molecule has 1 atom stereocenters. The van der Waals surface area contributed by atoms with Crippen LogP contribution < -0.4 is 11.1 Å². The van der Waals surface area contributed by atoms with E-state index in [0.29, 0.717) is 6.42 Å². The van der Waals surface area contributed by atoms with Gasteiger partial charge in [0.2, 0.25) is 11.8 Å². The third-order valence-electron chi connectivity index (χ3n) is 2.78. The number of hydrogen-bond donors (Lipinski definition) is 2. The Balaban J connectivity index is 2.73. The third kappa shape index (κ3) is 4.60. The Kier molecular flexibility index (Phi) is 5.61. The summed E-state index contributed by atoms with van der Waals surface area (Å²) in [4.78, 5) is 23.0. The lowest BCUT2D eigenvalue weighted by atomic mass is 10.0. The molecule has 1 rings (SSSR count). The number of benzene rings is 1. The Morgan fingerprint density at radius 2 is 1.80 bits per heavy atom. The fourth-order valence-corrected chi connectivity index (χ4v) is 1.82. The molecule has 2 amide bonds. The van der Waals surface area contributed by atoms with Crippen LogP contribution in [0, 0.1) is 17.6 Å². The first-order chi connectivity index (χ1) is 9.31. The molecule has 4 nitrogen and oxygen atoms in total. The molecule has 1 aromatic carbocycles. The van der Waals surface area contributed by atoms with Crippen molar-refractivity contribution in [2.75, 3.05) is 0 Å². The standard InChI is InChI=1S/C14H18F2N2O2/c1-8(2)6-12(14(17)20)18-13(19)7-9-10(15)4-3-5-11(9)16/h3-5,8,12H,6-7H2,1-2H3,(H2,17,20)(H,18,19)/t12-/m1/s1. The normalized spacial score (nSPS) is 12.2. The van der Waals surface area contributed by atoms with E-state index in [4.69, 9.17) is 5.73 Å². The van der Waals surface area contributed by atoms with Crippen molar-refractivity contribution in [3.63, 3.8) is 0 Å². The molecule has 110 valence electrons. The summed E-state index contributed by atoms with van der Waals surface area (Å²) >= 11 is 0. The molecule has 20 heavy (non-hydrogen) atoms. The maximum atomic E-state index is 13.4. The van der Waals surface area contributed by atoms with Gasteiger partial charge in [-0.3, -0.25) is 9.59 Å². The van der Waals surface area contributed by atoms with Gasteiger partial charge in [0.1, 0.15) is 17.7 Å². The Labute approximate surface area is 116 Å². The molecule has 3 N–H and O–H groups in total. The van der Waals surface area contributed by atoms with Crippen LogP contribution in [0.4, 0.5) is 8.78 Å². The number of rotatable bonds is 6. The van der Waals surface area contributed by atoms with Crippen molar-refractivity contribution in [1.82, 2.24) is 5.32 Å². The number of primary amides is 1. The molecule has 0 saturated heterocycles. The Hall–Kier alpha value is -1.98. The molecule has 0 aromatic heterocycles. The van der Waals surface area contributed by atoms with Gasteiger partial charge in [0, 0.05) is 5.56 Å². The Morgan fingerprint density at radius 1 is 1.25 bits per heavy atom. The van der Waals surface area contributed by atoms with Gasteiger partial charge in [0.15, 0.2) is 0 Å². The van der Waals surface area contributed by atoms with Gasteiger partial charge in [0.25, 0.3) is 0 Å². The van der Waals surface area contributed by atoms with Crippen LogP contribution in [0.15, 0.2) is 18.2 Å². The predicted octanol–water partition coefficient (Wildman–Crippen LogP) is 1.52. The largest absolute Gasteiger partial charge is 0.368 e. The maximum Gasteiger partial charge on any atom is 0.240 e. The molecule has 0 spiro atoms. The molecule has 0 bridgehead atoms. The highest BCUT2D eigenvalue weighted by Crippen LogP contribution is 2.13. The van der Waals surface area contributed by atoms with Crippen molar-refractivity contribution in [2.45, 2.75) is 32.7 Å². The molecule has 1 aromatic rings. The monoisotopic (exact) mass is 284 g/mol. The first-order valence-electron chi connectivity index (χ1n) is 6.32. The molecular weight excluding hydrogens is 266 g/mol. The van der Waals surface area contributed by atoms with Crippen molar-refractivity contribution in [3.05, 3.63) is 35.4 Å². The second-order valence-electron chi connectivity index (χ2n) is 5.03. The van der Waals surface area contributed by atoms with Gasteiger partial charge in [0.05, 0.1) is 6.42 Å². The van der Waals surface area contributed by atoms with Crippen molar-refractivity contribution in [2.24, 2.45) is 11.7 Å². The van der Waals surface area contributed by atoms with Crippen LogP contribution >= 0.6 is 0 Å². The minimum atomic E-state index is -0.836. The number of carbonyl (C=O) groups is 2. The van der Waals surface area contributed by atoms with Crippen LogP contribution in [0.3, 0.4) is 0 Å². The van der Waals surface area contributed by atoms with Crippen molar-refractivity contribution in [1.29, 1.82) is 0 Å². The molecule has 6 heteroatoms. The van der Waals surface area contributed by atoms with Crippen LogP contribution in [0.1, 0.15) is 25.8 Å². The zero-order chi connectivity index (χ0) is 15.3. The number of amides is 2. The minimum Gasteiger partial charge on any atom is -0.368 e. The van der Waals surface area contributed by atoms with E-state index < -0.39 is 35.9 Å². The minimum absolute atomic E-state index is 0.151. The summed E-state index contributed by atoms with van der Waals surface area (Å²) < 4.78 is 26.8. The molecule has 0 aliphatic rings. The first kappa shape index (κ1) is 16.1. The van der Waals surface area contributed by atoms with Gasteiger partial charge in [-0.2, -0.15) is 0 Å². The number of hydrogen-bond acceptors (Lipinski definition) is 2. The van der Waals surface area contributed by atoms with E-state index in [1.54, 1.807) is 0 Å². The summed E-state index contributed by atoms with van der Waals surface area (Å²) in [6.07, 6.45) is -0.0960. The van der Waals surface area contributed by atoms with Crippen molar-refractivity contribution >= 4 is 11.8 Å². The van der Waals surface area contributed by atoms with Crippen LogP contribution in [0.5, 0.6) is 0 Å². The molecule has 0 fully saturated rings. The van der Waals surface area contributed by atoms with E-state index in [0.717, 1.165) is 12.1 Å². The molecule has 0 saturated carbocycles. The Morgan fingerprint density at radius 3 is 2.25 bits per heavy atom. The lowest BCUT2D eigenvalue weighted by molar-refractivity contribution is -0.127. The molecule has 0 aliphatic heterocycles. The lowest BCUT2D eigenvalue weighted by Crippen LogP contribution is -2.45. The topological polar surface area (TPSA) is 72.2 Å². The highest BCUT2D eigenvalue weighted by atomic mass is 19.1. The van der Waals surface area contributed by atoms with Gasteiger partial charge < -0.3 is 11.1 Å². The zero-order valence-electron chi connectivity index (χ0n) is 11.5. The molecule has 0 heterocycles. The van der Waals surface area contributed by atoms with E-state index in [-0.39, 0.29) is 11.5 Å². The van der Waals surface area contributed by atoms with Gasteiger partial charge in [-0.1, -0.05) is 19.9 Å². The average Bonchev–Trinajstić information content (AvgIpc) is 2.32. The predicted molar refractivity (Wildman–Crippen MR) is 70.6 cm³/mol. The fourth-order valence-electron chi connectivity index (χ4n) is 1.82. The van der Waals surface area contributed by atoms with Gasteiger partial charge >= 0.3 is 0 Å². The average molecular weight is 284 g/mol. The number of halogens is 2. The van der Waals surface area contributed by atoms with Gasteiger partial charge in [-0.15, -0.1) is 0 Å². The maximum absolute atomic E-state index is 13.4. The van der Waals surface area contributed by atoms with Crippen molar-refractivity contribution < 1.29 is 18.4 Å². The van der Waals surface area contributed by atoms with E-state index in [2.05, 4.69) is 5.32 Å². The first-order valence-corrected chi connectivity index (χ1v) is 6.32. The lowest BCUT2D eigenvalue weighted by Gasteiger charge is -2.17. The quantitative estimate of drug-likeness (QED) is 0.831. The molecule has 0 unspecified atom stereocenters. The van der Waals surface area contributed by atoms with Crippen LogP contribution in [-0.4, -0.2) is 17.9 Å². The summed E-state index contributed by atoms with van der Waals surface area (Å²) in [5.74, 6) is -2.74. The van der Waals surface area contributed by atoms with E-state index in [9.17, 15) is 18.4 Å². The smallest absolute Gasteiger partial charge is 0.240 e. The second-order valence-corrected chi connectivity index (χ2v) is 5.03. The van der Waals surface area contributed by atoms with E-state index in [1.165, 1.54) is 6.07 Å². The summed E-state index contributed by atoms with van der Waals surface area (Å²) in [6.45, 7) is 3.75. The summed E-state index contributed by atoms with van der Waals surface area (Å²) in [5.41, 5.74) is 4.86. The fraction of sp³-hybridized carbons (Fsp3) is 0.429. The van der Waals surface area contributed by atoms with Crippen LogP contribution in [0.25, 0.3) is 0 Å². The Bertz CT molecular complexity index is 484. The van der Waals surface area contributed by atoms with Crippen LogP contribution in [-0.2, 0) is 16.0 Å². The van der Waals surface area contributed by atoms with Gasteiger partial charge in [-0.25, -0.2) is 8.78 Å². The number of nitrogens with two attached hydrogens (primary N) is 1. The SMILES string of the molecule is CC(C)C[C@@H](NC(=O)Cc1c(F)cccc1F)C(N)=O. The van der Waals surface area contributed by atoms with Crippen molar-refractivity contribution in [3.8, 4) is 0 Å². The molecule has 0 radical (unpaired) electrons. The molecular formula is C14H18F2N2O2. The zero-order valence-corrected chi connectivity index (χ0v) is 11.5. The second kappa shape index (κ2) is 6.98. The number of nitrogens with one attached hydrogen (secondary N) is 1. The number of carbonyl (C=O) groups excluding carboxylic acids is 2. The summed E-state index contributed by atoms with van der Waals surface area (Å²) in [6, 6.07) is 2.53. The summed E-state index contributed by atoms with van der Waals surface area (Å²) in [5, 5.41) is 2.40. The van der Waals surface area contributed by atoms with E-state index in [1.807, 2.05) is 13.8 Å². The third-order valence-corrected chi connectivity index (χ3v) is 2.78. The van der Waals surface area contributed by atoms with E-state index >= 15 is 0 Å². The van der Waals surface area contributed by atoms with Crippen LogP contribution in [0.2, 0.25) is 0 Å². The van der Waals surface area contributed by atoms with Gasteiger partial charge in [-0.05, 0) is 24.5 Å². The molecule has 0 aliphatic carbocycles. The highest BCUT2D eigenvalue weighted by Gasteiger charge is 2.21. The highest BCUT2D eigenvalue weighted by molar-refractivity contribution is 5.87. The summed E-state index contributed by atoms with van der Waals surface area (Å²) in [7, 11) is 0.